The fraction of sp³-hybridized carbons (Fsp3) is 0.462. The van der Waals surface area contributed by atoms with Crippen molar-refractivity contribution >= 4 is 21.9 Å². The molecule has 3 nitrogen and oxygen atoms in total. The van der Waals surface area contributed by atoms with Gasteiger partial charge in [0.05, 0.1) is 6.42 Å². The third-order valence-electron chi connectivity index (χ3n) is 3.12. The lowest BCUT2D eigenvalue weighted by Crippen LogP contribution is -2.46. The zero-order chi connectivity index (χ0) is 12.4. The minimum atomic E-state index is -0.686. The Morgan fingerprint density at radius 1 is 1.53 bits per heavy atom. The smallest absolute Gasteiger partial charge is 0.303 e. The molecular formula is C13H16BrNO2. The molecule has 2 rings (SSSR count). The van der Waals surface area contributed by atoms with Crippen molar-refractivity contribution in [2.75, 3.05) is 13.1 Å². The molecule has 1 aliphatic heterocycles. The van der Waals surface area contributed by atoms with Crippen LogP contribution in [0.5, 0.6) is 0 Å². The van der Waals surface area contributed by atoms with Gasteiger partial charge in [-0.05, 0) is 30.0 Å². The van der Waals surface area contributed by atoms with Gasteiger partial charge in [0.1, 0.15) is 0 Å². The molecule has 92 valence electrons. The third kappa shape index (κ3) is 3.30. The fourth-order valence-electron chi connectivity index (χ4n) is 2.25. The Balaban J connectivity index is 1.83. The van der Waals surface area contributed by atoms with Crippen molar-refractivity contribution in [3.05, 3.63) is 33.8 Å². The molecule has 1 heterocycles. The first kappa shape index (κ1) is 12.6. The molecule has 4 heteroatoms. The summed E-state index contributed by atoms with van der Waals surface area (Å²) < 4.78 is 1.13. The number of carbonyl (C=O) groups is 1. The van der Waals surface area contributed by atoms with Crippen LogP contribution < -0.4 is 0 Å². The highest BCUT2D eigenvalue weighted by atomic mass is 79.9. The molecule has 1 N–H and O–H groups in total. The van der Waals surface area contributed by atoms with Gasteiger partial charge < -0.3 is 5.11 Å². The molecule has 0 aromatic heterocycles. The summed E-state index contributed by atoms with van der Waals surface area (Å²) in [5, 5.41) is 8.67. The molecule has 0 saturated carbocycles. The van der Waals surface area contributed by atoms with Crippen LogP contribution in [0.1, 0.15) is 17.5 Å². The van der Waals surface area contributed by atoms with Gasteiger partial charge in [-0.1, -0.05) is 28.1 Å². The lowest BCUT2D eigenvalue weighted by molar-refractivity contribution is -0.139. The van der Waals surface area contributed by atoms with Crippen LogP contribution in [0.2, 0.25) is 0 Å². The van der Waals surface area contributed by atoms with Crippen LogP contribution in [0.3, 0.4) is 0 Å². The van der Waals surface area contributed by atoms with E-state index < -0.39 is 5.97 Å². The molecule has 0 atom stereocenters. The van der Waals surface area contributed by atoms with Crippen LogP contribution in [-0.4, -0.2) is 29.1 Å². The molecule has 1 aliphatic rings. The minimum absolute atomic E-state index is 0.301. The van der Waals surface area contributed by atoms with Gasteiger partial charge in [-0.2, -0.15) is 0 Å². The molecule has 0 amide bonds. The van der Waals surface area contributed by atoms with Gasteiger partial charge >= 0.3 is 5.97 Å². The Morgan fingerprint density at radius 3 is 2.82 bits per heavy atom. The van der Waals surface area contributed by atoms with Crippen molar-refractivity contribution in [2.45, 2.75) is 19.9 Å². The van der Waals surface area contributed by atoms with E-state index in [1.807, 2.05) is 0 Å². The van der Waals surface area contributed by atoms with Gasteiger partial charge in [-0.25, -0.2) is 0 Å². The predicted molar refractivity (Wildman–Crippen MR) is 69.9 cm³/mol. The van der Waals surface area contributed by atoms with Gasteiger partial charge in [0, 0.05) is 24.1 Å². The molecule has 0 spiro atoms. The van der Waals surface area contributed by atoms with Crippen molar-refractivity contribution in [2.24, 2.45) is 5.92 Å². The van der Waals surface area contributed by atoms with Crippen LogP contribution in [-0.2, 0) is 11.3 Å². The Hall–Kier alpha value is -0.870. The molecule has 0 aliphatic carbocycles. The Labute approximate surface area is 110 Å². The SMILES string of the molecule is Cc1cc(CN2CC(CC(=O)O)C2)ccc1Br. The lowest BCUT2D eigenvalue weighted by Gasteiger charge is -2.38. The normalized spacial score (nSPS) is 16.8. The van der Waals surface area contributed by atoms with Crippen LogP contribution in [0, 0.1) is 12.8 Å². The van der Waals surface area contributed by atoms with E-state index >= 15 is 0 Å². The van der Waals surface area contributed by atoms with Crippen molar-refractivity contribution in [1.82, 2.24) is 4.90 Å². The molecular weight excluding hydrogens is 282 g/mol. The van der Waals surface area contributed by atoms with Gasteiger partial charge in [0.25, 0.3) is 0 Å². The van der Waals surface area contributed by atoms with Gasteiger partial charge in [0.15, 0.2) is 0 Å². The van der Waals surface area contributed by atoms with E-state index in [2.05, 4.69) is 46.0 Å². The first-order valence-electron chi connectivity index (χ1n) is 5.74. The summed E-state index contributed by atoms with van der Waals surface area (Å²) in [7, 11) is 0. The molecule has 1 saturated heterocycles. The van der Waals surface area contributed by atoms with Crippen molar-refractivity contribution in [1.29, 1.82) is 0 Å². The quantitative estimate of drug-likeness (QED) is 0.929. The van der Waals surface area contributed by atoms with Crippen LogP contribution in [0.25, 0.3) is 0 Å². The maximum Gasteiger partial charge on any atom is 0.303 e. The average Bonchev–Trinajstić information content (AvgIpc) is 2.19. The number of aliphatic carboxylic acids is 1. The monoisotopic (exact) mass is 297 g/mol. The Kier molecular flexibility index (Phi) is 3.84. The van der Waals surface area contributed by atoms with E-state index in [1.54, 1.807) is 0 Å². The first-order valence-corrected chi connectivity index (χ1v) is 6.53. The molecule has 0 radical (unpaired) electrons. The number of hydrogen-bond donors (Lipinski definition) is 1. The van der Waals surface area contributed by atoms with Gasteiger partial charge in [-0.15, -0.1) is 0 Å². The number of carboxylic acid groups (broad SMARTS) is 1. The van der Waals surface area contributed by atoms with Crippen LogP contribution >= 0.6 is 15.9 Å². The summed E-state index contributed by atoms with van der Waals surface area (Å²) in [6, 6.07) is 6.36. The van der Waals surface area contributed by atoms with Gasteiger partial charge in [-0.3, -0.25) is 9.69 Å². The third-order valence-corrected chi connectivity index (χ3v) is 4.01. The number of halogens is 1. The zero-order valence-electron chi connectivity index (χ0n) is 9.82. The van der Waals surface area contributed by atoms with Crippen LogP contribution in [0.4, 0.5) is 0 Å². The summed E-state index contributed by atoms with van der Waals surface area (Å²) in [4.78, 5) is 12.8. The second-order valence-corrected chi connectivity index (χ2v) is 5.60. The second kappa shape index (κ2) is 5.19. The highest BCUT2D eigenvalue weighted by molar-refractivity contribution is 9.10. The molecule has 1 aromatic rings. The molecule has 0 bridgehead atoms. The summed E-state index contributed by atoms with van der Waals surface area (Å²) >= 11 is 3.48. The lowest BCUT2D eigenvalue weighted by atomic mass is 9.95. The summed E-state index contributed by atoms with van der Waals surface area (Å²) in [6.07, 6.45) is 0.301. The van der Waals surface area contributed by atoms with E-state index in [4.69, 9.17) is 5.11 Å². The maximum absolute atomic E-state index is 10.5. The standard InChI is InChI=1S/C13H16BrNO2/c1-9-4-10(2-3-12(9)14)6-15-7-11(8-15)5-13(16)17/h2-4,11H,5-8H2,1H3,(H,16,17). The number of aryl methyl sites for hydroxylation is 1. The van der Waals surface area contributed by atoms with E-state index in [1.165, 1.54) is 11.1 Å². The number of rotatable bonds is 4. The Morgan fingerprint density at radius 2 is 2.24 bits per heavy atom. The first-order chi connectivity index (χ1) is 8.04. The summed E-state index contributed by atoms with van der Waals surface area (Å²) in [5.74, 6) is -0.349. The Bertz CT molecular complexity index is 427. The number of carboxylic acids is 1. The molecule has 0 unspecified atom stereocenters. The molecule has 17 heavy (non-hydrogen) atoms. The van der Waals surface area contributed by atoms with Crippen molar-refractivity contribution in [3.63, 3.8) is 0 Å². The number of benzene rings is 1. The van der Waals surface area contributed by atoms with Crippen molar-refractivity contribution < 1.29 is 9.90 Å². The second-order valence-electron chi connectivity index (χ2n) is 4.74. The van der Waals surface area contributed by atoms with Crippen LogP contribution in [0.15, 0.2) is 22.7 Å². The highest BCUT2D eigenvalue weighted by Crippen LogP contribution is 2.23. The highest BCUT2D eigenvalue weighted by Gasteiger charge is 2.28. The van der Waals surface area contributed by atoms with Crippen molar-refractivity contribution in [3.8, 4) is 0 Å². The maximum atomic E-state index is 10.5. The van der Waals surface area contributed by atoms with E-state index in [9.17, 15) is 4.79 Å². The molecule has 1 fully saturated rings. The largest absolute Gasteiger partial charge is 0.481 e. The van der Waals surface area contributed by atoms with Gasteiger partial charge in [0.2, 0.25) is 0 Å². The summed E-state index contributed by atoms with van der Waals surface area (Å²) in [5.41, 5.74) is 2.53. The minimum Gasteiger partial charge on any atom is -0.481 e. The average molecular weight is 298 g/mol. The number of likely N-dealkylation sites (tertiary alicyclic amines) is 1. The number of hydrogen-bond acceptors (Lipinski definition) is 2. The van der Waals surface area contributed by atoms with E-state index in [0.717, 1.165) is 24.1 Å². The zero-order valence-corrected chi connectivity index (χ0v) is 11.4. The predicted octanol–water partition coefficient (Wildman–Crippen LogP) is 2.66. The van der Waals surface area contributed by atoms with E-state index in [-0.39, 0.29) is 0 Å². The molecule has 1 aromatic carbocycles. The summed E-state index contributed by atoms with van der Waals surface area (Å²) in [6.45, 7) is 4.81. The fourth-order valence-corrected chi connectivity index (χ4v) is 2.49. The topological polar surface area (TPSA) is 40.5 Å². The number of nitrogens with zero attached hydrogens (tertiary/aromatic N) is 1. The van der Waals surface area contributed by atoms with E-state index in [0.29, 0.717) is 12.3 Å².